The number of ether oxygens (including phenoxy) is 2. The maximum atomic E-state index is 12.1. The average molecular weight is 369 g/mol. The Morgan fingerprint density at radius 2 is 1.75 bits per heavy atom. The Hall–Kier alpha value is -2.15. The number of carbonyl (C=O) groups excluding carboxylic acids is 2. The number of hydrogen-bond acceptors (Lipinski definition) is 6. The van der Waals surface area contributed by atoms with Crippen molar-refractivity contribution in [3.8, 4) is 5.75 Å². The molecule has 1 heterocycles. The third-order valence-corrected chi connectivity index (χ3v) is 3.72. The van der Waals surface area contributed by atoms with Crippen LogP contribution in [0.5, 0.6) is 5.75 Å². The number of benzene rings is 1. The van der Waals surface area contributed by atoms with E-state index >= 15 is 0 Å². The molecule has 8 heteroatoms. The van der Waals surface area contributed by atoms with Crippen LogP contribution in [0, 0.1) is 0 Å². The summed E-state index contributed by atoms with van der Waals surface area (Å²) in [6.07, 6.45) is 2.92. The molecule has 0 amide bonds. The summed E-state index contributed by atoms with van der Waals surface area (Å²) in [6, 6.07) is 5.81. The molecule has 6 nitrogen and oxygen atoms in total. The molecule has 0 aliphatic rings. The minimum absolute atomic E-state index is 0.0464. The van der Waals surface area contributed by atoms with Crippen LogP contribution in [0.25, 0.3) is 0 Å². The summed E-state index contributed by atoms with van der Waals surface area (Å²) < 4.78 is 9.80. The molecule has 1 aromatic carbocycles. The Morgan fingerprint density at radius 3 is 2.29 bits per heavy atom. The summed E-state index contributed by atoms with van der Waals surface area (Å²) in [6.45, 7) is 0. The number of nitrogens with two attached hydrogens (primary N) is 1. The Bertz CT molecular complexity index is 730. The number of halogens is 2. The molecule has 0 spiro atoms. The van der Waals surface area contributed by atoms with E-state index in [0.29, 0.717) is 12.2 Å². The van der Waals surface area contributed by atoms with E-state index < -0.39 is 18.0 Å². The van der Waals surface area contributed by atoms with Crippen LogP contribution in [0.3, 0.4) is 0 Å². The topological polar surface area (TPSA) is 91.5 Å². The fourth-order valence-corrected chi connectivity index (χ4v) is 2.47. The Morgan fingerprint density at radius 1 is 1.17 bits per heavy atom. The van der Waals surface area contributed by atoms with Crippen molar-refractivity contribution in [1.82, 2.24) is 4.98 Å². The molecule has 0 saturated heterocycles. The van der Waals surface area contributed by atoms with Crippen LogP contribution < -0.4 is 10.5 Å². The van der Waals surface area contributed by atoms with Gasteiger partial charge in [-0.15, -0.1) is 0 Å². The van der Waals surface area contributed by atoms with Crippen LogP contribution in [0.1, 0.15) is 15.9 Å². The molecule has 0 radical (unpaired) electrons. The predicted octanol–water partition coefficient (Wildman–Crippen LogP) is 2.65. The summed E-state index contributed by atoms with van der Waals surface area (Å²) in [5, 5.41) is 0.210. The van der Waals surface area contributed by atoms with Crippen molar-refractivity contribution >= 4 is 35.1 Å². The van der Waals surface area contributed by atoms with E-state index in [2.05, 4.69) is 9.72 Å². The van der Waals surface area contributed by atoms with E-state index in [0.717, 1.165) is 5.56 Å². The summed E-state index contributed by atoms with van der Waals surface area (Å²) in [7, 11) is 1.28. The summed E-state index contributed by atoms with van der Waals surface area (Å²) in [4.78, 5) is 27.2. The van der Waals surface area contributed by atoms with Gasteiger partial charge in [-0.25, -0.2) is 4.79 Å². The molecular formula is C16H14Cl2N2O4. The largest absolute Gasteiger partial charge is 0.468 e. The van der Waals surface area contributed by atoms with Crippen molar-refractivity contribution in [3.63, 3.8) is 0 Å². The molecule has 0 aliphatic carbocycles. The maximum Gasteiger partial charge on any atom is 0.346 e. The number of pyridine rings is 1. The molecule has 2 N–H and O–H groups in total. The van der Waals surface area contributed by atoms with Crippen LogP contribution >= 0.6 is 23.2 Å². The highest BCUT2D eigenvalue weighted by Gasteiger charge is 2.18. The molecule has 0 bridgehead atoms. The lowest BCUT2D eigenvalue weighted by molar-refractivity contribution is -0.142. The lowest BCUT2D eigenvalue weighted by Crippen LogP contribution is -2.33. The first-order valence-electron chi connectivity index (χ1n) is 6.86. The number of carbonyl (C=O) groups is 2. The maximum absolute atomic E-state index is 12.1. The monoisotopic (exact) mass is 368 g/mol. The minimum Gasteiger partial charge on any atom is -0.468 e. The van der Waals surface area contributed by atoms with E-state index in [9.17, 15) is 9.59 Å². The highest BCUT2D eigenvalue weighted by atomic mass is 35.5. The van der Waals surface area contributed by atoms with E-state index in [4.69, 9.17) is 33.7 Å². The number of hydrogen-bond donors (Lipinski definition) is 1. The van der Waals surface area contributed by atoms with Crippen LogP contribution in [0.2, 0.25) is 10.0 Å². The predicted molar refractivity (Wildman–Crippen MR) is 89.4 cm³/mol. The minimum atomic E-state index is -0.752. The Balaban J connectivity index is 2.06. The summed E-state index contributed by atoms with van der Waals surface area (Å²) in [5.74, 6) is -0.877. The normalized spacial score (nSPS) is 11.7. The van der Waals surface area contributed by atoms with Gasteiger partial charge in [0, 0.05) is 12.4 Å². The van der Waals surface area contributed by atoms with Gasteiger partial charge in [0.15, 0.2) is 0 Å². The smallest absolute Gasteiger partial charge is 0.346 e. The first kappa shape index (κ1) is 18.2. The van der Waals surface area contributed by atoms with E-state index in [1.807, 2.05) is 0 Å². The number of nitrogens with zero attached hydrogens (tertiary/aromatic N) is 1. The van der Waals surface area contributed by atoms with Crippen molar-refractivity contribution in [2.75, 3.05) is 7.11 Å². The summed E-state index contributed by atoms with van der Waals surface area (Å²) in [5.41, 5.74) is 6.54. The Labute approximate surface area is 148 Å². The highest BCUT2D eigenvalue weighted by Crippen LogP contribution is 2.25. The van der Waals surface area contributed by atoms with Gasteiger partial charge in [0.2, 0.25) is 0 Å². The van der Waals surface area contributed by atoms with Gasteiger partial charge in [-0.2, -0.15) is 0 Å². The van der Waals surface area contributed by atoms with Crippen LogP contribution in [-0.4, -0.2) is 30.1 Å². The third kappa shape index (κ3) is 4.44. The fraction of sp³-hybridized carbons (Fsp3) is 0.188. The van der Waals surface area contributed by atoms with Crippen molar-refractivity contribution in [2.24, 2.45) is 5.73 Å². The molecule has 2 rings (SSSR count). The second kappa shape index (κ2) is 8.10. The van der Waals surface area contributed by atoms with Crippen molar-refractivity contribution in [1.29, 1.82) is 0 Å². The van der Waals surface area contributed by atoms with Gasteiger partial charge < -0.3 is 15.2 Å². The molecule has 24 heavy (non-hydrogen) atoms. The molecule has 0 unspecified atom stereocenters. The number of rotatable bonds is 5. The van der Waals surface area contributed by atoms with E-state index in [1.54, 1.807) is 24.3 Å². The van der Waals surface area contributed by atoms with E-state index in [1.165, 1.54) is 19.5 Å². The van der Waals surface area contributed by atoms with Crippen molar-refractivity contribution < 1.29 is 19.1 Å². The van der Waals surface area contributed by atoms with Gasteiger partial charge in [-0.1, -0.05) is 35.3 Å². The zero-order valence-electron chi connectivity index (χ0n) is 12.7. The molecule has 126 valence electrons. The first-order valence-corrected chi connectivity index (χ1v) is 7.61. The second-order valence-electron chi connectivity index (χ2n) is 4.85. The lowest BCUT2D eigenvalue weighted by Gasteiger charge is -2.10. The molecule has 1 aromatic heterocycles. The fourth-order valence-electron chi connectivity index (χ4n) is 1.95. The molecule has 1 atom stereocenters. The quantitative estimate of drug-likeness (QED) is 0.644. The SMILES string of the molecule is COC(=O)[C@@H](N)Cc1ccc(OC(=O)c2c(Cl)cncc2Cl)cc1. The molecular weight excluding hydrogens is 355 g/mol. The van der Waals surface area contributed by atoms with Gasteiger partial charge in [-0.05, 0) is 24.1 Å². The van der Waals surface area contributed by atoms with Crippen molar-refractivity contribution in [3.05, 3.63) is 57.8 Å². The third-order valence-electron chi connectivity index (χ3n) is 3.15. The van der Waals surface area contributed by atoms with Gasteiger partial charge in [0.1, 0.15) is 17.4 Å². The average Bonchev–Trinajstić information content (AvgIpc) is 2.55. The first-order chi connectivity index (χ1) is 11.4. The molecule has 0 aliphatic heterocycles. The van der Waals surface area contributed by atoms with Gasteiger partial charge in [0.25, 0.3) is 0 Å². The van der Waals surface area contributed by atoms with E-state index in [-0.39, 0.29) is 15.6 Å². The molecule has 0 saturated carbocycles. The van der Waals surface area contributed by atoms with Crippen LogP contribution in [0.4, 0.5) is 0 Å². The number of methoxy groups -OCH3 is 1. The second-order valence-corrected chi connectivity index (χ2v) is 5.66. The zero-order chi connectivity index (χ0) is 17.7. The van der Waals surface area contributed by atoms with Crippen LogP contribution in [0.15, 0.2) is 36.7 Å². The summed E-state index contributed by atoms with van der Waals surface area (Å²) >= 11 is 11.8. The van der Waals surface area contributed by atoms with Gasteiger partial charge >= 0.3 is 11.9 Å². The lowest BCUT2D eigenvalue weighted by atomic mass is 10.1. The van der Waals surface area contributed by atoms with Gasteiger partial charge in [0.05, 0.1) is 17.2 Å². The van der Waals surface area contributed by atoms with Crippen LogP contribution in [-0.2, 0) is 16.0 Å². The highest BCUT2D eigenvalue weighted by molar-refractivity contribution is 6.39. The Kier molecular flexibility index (Phi) is 6.14. The number of aromatic nitrogens is 1. The molecule has 2 aromatic rings. The number of esters is 2. The van der Waals surface area contributed by atoms with Gasteiger partial charge in [-0.3, -0.25) is 9.78 Å². The standard InChI is InChI=1S/C16H14Cl2N2O4/c1-23-15(21)13(19)6-9-2-4-10(5-3-9)24-16(22)14-11(17)7-20-8-12(14)18/h2-5,7-8,13H,6,19H2,1H3/t13-/m0/s1. The zero-order valence-corrected chi connectivity index (χ0v) is 14.2. The van der Waals surface area contributed by atoms with Crippen molar-refractivity contribution in [2.45, 2.75) is 12.5 Å². The molecule has 0 fully saturated rings.